The fourth-order valence-corrected chi connectivity index (χ4v) is 2.84. The second kappa shape index (κ2) is 7.76. The van der Waals surface area contributed by atoms with E-state index in [4.69, 9.17) is 11.6 Å². The molecule has 0 bridgehead atoms. The maximum absolute atomic E-state index is 12.6. The Morgan fingerprint density at radius 2 is 1.70 bits per heavy atom. The zero-order valence-electron chi connectivity index (χ0n) is 15.5. The smallest absolute Gasteiger partial charge is 0.258 e. The van der Waals surface area contributed by atoms with E-state index in [0.29, 0.717) is 16.5 Å². The lowest BCUT2D eigenvalue weighted by molar-refractivity contribution is 0.102. The molecular formula is C21H21ClN4O. The summed E-state index contributed by atoms with van der Waals surface area (Å²) in [7, 11) is 0. The van der Waals surface area contributed by atoms with Crippen LogP contribution in [0.15, 0.2) is 60.9 Å². The van der Waals surface area contributed by atoms with Crippen LogP contribution in [0.1, 0.15) is 36.7 Å². The molecule has 0 unspecified atom stereocenters. The van der Waals surface area contributed by atoms with Gasteiger partial charge in [-0.1, -0.05) is 56.6 Å². The Balaban J connectivity index is 1.73. The van der Waals surface area contributed by atoms with Crippen LogP contribution >= 0.6 is 11.6 Å². The van der Waals surface area contributed by atoms with Crippen molar-refractivity contribution >= 4 is 34.8 Å². The molecule has 0 saturated carbocycles. The van der Waals surface area contributed by atoms with Gasteiger partial charge in [0, 0.05) is 28.8 Å². The number of amides is 1. The molecule has 2 N–H and O–H groups in total. The third kappa shape index (κ3) is 4.83. The van der Waals surface area contributed by atoms with Crippen molar-refractivity contribution in [3.05, 3.63) is 77.1 Å². The summed E-state index contributed by atoms with van der Waals surface area (Å²) in [4.78, 5) is 21.0. The SMILES string of the molecule is CC(C)(C)c1ccccc1NC(=O)c1cnc(Nc2cccc(Cl)c2)nc1. The maximum Gasteiger partial charge on any atom is 0.258 e. The number of para-hydroxylation sites is 1. The molecule has 0 spiro atoms. The van der Waals surface area contributed by atoms with Crippen LogP contribution in [0.3, 0.4) is 0 Å². The van der Waals surface area contributed by atoms with Crippen LogP contribution in [0.5, 0.6) is 0 Å². The number of aromatic nitrogens is 2. The molecule has 0 aliphatic heterocycles. The Bertz CT molecular complexity index is 949. The number of anilines is 3. The summed E-state index contributed by atoms with van der Waals surface area (Å²) in [6.07, 6.45) is 2.99. The molecule has 0 aliphatic rings. The van der Waals surface area contributed by atoms with Crippen LogP contribution in [0.2, 0.25) is 5.02 Å². The topological polar surface area (TPSA) is 66.9 Å². The van der Waals surface area contributed by atoms with Gasteiger partial charge < -0.3 is 10.6 Å². The number of hydrogen-bond donors (Lipinski definition) is 2. The van der Waals surface area contributed by atoms with Crippen molar-refractivity contribution < 1.29 is 4.79 Å². The number of carbonyl (C=O) groups excluding carboxylic acids is 1. The minimum absolute atomic E-state index is 0.0783. The van der Waals surface area contributed by atoms with Gasteiger partial charge in [-0.05, 0) is 35.2 Å². The Hall–Kier alpha value is -2.92. The van der Waals surface area contributed by atoms with E-state index in [2.05, 4.69) is 41.4 Å². The fourth-order valence-electron chi connectivity index (χ4n) is 2.65. The number of halogens is 1. The molecule has 138 valence electrons. The normalized spacial score (nSPS) is 11.1. The Morgan fingerprint density at radius 1 is 1.00 bits per heavy atom. The largest absolute Gasteiger partial charge is 0.324 e. The van der Waals surface area contributed by atoms with Crippen molar-refractivity contribution in [3.63, 3.8) is 0 Å². The van der Waals surface area contributed by atoms with Gasteiger partial charge in [0.15, 0.2) is 0 Å². The zero-order chi connectivity index (χ0) is 19.4. The lowest BCUT2D eigenvalue weighted by Crippen LogP contribution is -2.19. The van der Waals surface area contributed by atoms with Crippen LogP contribution in [0, 0.1) is 0 Å². The molecule has 6 heteroatoms. The number of nitrogens with one attached hydrogen (secondary N) is 2. The Labute approximate surface area is 163 Å². The predicted molar refractivity (Wildman–Crippen MR) is 110 cm³/mol. The highest BCUT2D eigenvalue weighted by Crippen LogP contribution is 2.29. The third-order valence-corrected chi connectivity index (χ3v) is 4.21. The number of benzene rings is 2. The van der Waals surface area contributed by atoms with Gasteiger partial charge in [-0.2, -0.15) is 0 Å². The van der Waals surface area contributed by atoms with Gasteiger partial charge in [-0.3, -0.25) is 4.79 Å². The first-order chi connectivity index (χ1) is 12.8. The van der Waals surface area contributed by atoms with Crippen molar-refractivity contribution in [2.75, 3.05) is 10.6 Å². The van der Waals surface area contributed by atoms with Crippen LogP contribution in [-0.4, -0.2) is 15.9 Å². The first kappa shape index (κ1) is 18.9. The van der Waals surface area contributed by atoms with Gasteiger partial charge in [-0.15, -0.1) is 0 Å². The van der Waals surface area contributed by atoms with Crippen LogP contribution in [0.25, 0.3) is 0 Å². The second-order valence-electron chi connectivity index (χ2n) is 7.18. The summed E-state index contributed by atoms with van der Waals surface area (Å²) in [5.74, 6) is 0.143. The first-order valence-corrected chi connectivity index (χ1v) is 8.96. The van der Waals surface area contributed by atoms with Crippen molar-refractivity contribution in [2.45, 2.75) is 26.2 Å². The lowest BCUT2D eigenvalue weighted by Gasteiger charge is -2.22. The standard InChI is InChI=1S/C21H21ClN4O/c1-21(2,3)17-9-4-5-10-18(17)26-19(27)14-12-23-20(24-13-14)25-16-8-6-7-15(22)11-16/h4-13H,1-3H3,(H,26,27)(H,23,24,25). The molecule has 0 fully saturated rings. The summed E-state index contributed by atoms with van der Waals surface area (Å²) in [6.45, 7) is 6.33. The maximum atomic E-state index is 12.6. The summed E-state index contributed by atoms with van der Waals surface area (Å²) in [6, 6.07) is 15.0. The van der Waals surface area contributed by atoms with Crippen LogP contribution in [0.4, 0.5) is 17.3 Å². The minimum Gasteiger partial charge on any atom is -0.324 e. The van der Waals surface area contributed by atoms with Gasteiger partial charge in [0.05, 0.1) is 5.56 Å². The van der Waals surface area contributed by atoms with E-state index in [-0.39, 0.29) is 11.3 Å². The molecule has 5 nitrogen and oxygen atoms in total. The second-order valence-corrected chi connectivity index (χ2v) is 7.62. The molecule has 1 aromatic heterocycles. The Morgan fingerprint density at radius 3 is 2.37 bits per heavy atom. The fraction of sp³-hybridized carbons (Fsp3) is 0.190. The van der Waals surface area contributed by atoms with Crippen molar-refractivity contribution in [1.29, 1.82) is 0 Å². The van der Waals surface area contributed by atoms with Gasteiger partial charge in [0.2, 0.25) is 5.95 Å². The first-order valence-electron chi connectivity index (χ1n) is 8.58. The van der Waals surface area contributed by atoms with E-state index in [1.807, 2.05) is 36.4 Å². The number of nitrogens with zero attached hydrogens (tertiary/aromatic N) is 2. The van der Waals surface area contributed by atoms with Crippen molar-refractivity contribution in [1.82, 2.24) is 9.97 Å². The molecule has 0 radical (unpaired) electrons. The monoisotopic (exact) mass is 380 g/mol. The summed E-state index contributed by atoms with van der Waals surface area (Å²) in [5, 5.41) is 6.62. The highest BCUT2D eigenvalue weighted by molar-refractivity contribution is 6.30. The van der Waals surface area contributed by atoms with E-state index >= 15 is 0 Å². The molecule has 2 aromatic carbocycles. The Kier molecular flexibility index (Phi) is 5.42. The summed E-state index contributed by atoms with van der Waals surface area (Å²) >= 11 is 5.97. The molecular weight excluding hydrogens is 360 g/mol. The zero-order valence-corrected chi connectivity index (χ0v) is 16.2. The predicted octanol–water partition coefficient (Wildman–Crippen LogP) is 5.42. The lowest BCUT2D eigenvalue weighted by atomic mass is 9.86. The van der Waals surface area contributed by atoms with E-state index in [1.165, 1.54) is 12.4 Å². The van der Waals surface area contributed by atoms with E-state index in [0.717, 1.165) is 16.9 Å². The van der Waals surface area contributed by atoms with Gasteiger partial charge in [-0.25, -0.2) is 9.97 Å². The summed E-state index contributed by atoms with van der Waals surface area (Å²) in [5.41, 5.74) is 2.94. The molecule has 1 amide bonds. The average Bonchev–Trinajstić information content (AvgIpc) is 2.62. The molecule has 3 aromatic rings. The molecule has 27 heavy (non-hydrogen) atoms. The minimum atomic E-state index is -0.249. The molecule has 3 rings (SSSR count). The van der Waals surface area contributed by atoms with E-state index < -0.39 is 0 Å². The average molecular weight is 381 g/mol. The summed E-state index contributed by atoms with van der Waals surface area (Å²) < 4.78 is 0. The molecule has 0 atom stereocenters. The molecule has 0 aliphatic carbocycles. The number of carbonyl (C=O) groups is 1. The van der Waals surface area contributed by atoms with Crippen LogP contribution in [-0.2, 0) is 5.41 Å². The van der Waals surface area contributed by atoms with E-state index in [9.17, 15) is 4.79 Å². The van der Waals surface area contributed by atoms with Gasteiger partial charge in [0.1, 0.15) is 0 Å². The quantitative estimate of drug-likeness (QED) is 0.633. The van der Waals surface area contributed by atoms with Crippen LogP contribution < -0.4 is 10.6 Å². The molecule has 0 saturated heterocycles. The highest BCUT2D eigenvalue weighted by atomic mass is 35.5. The van der Waals surface area contributed by atoms with E-state index in [1.54, 1.807) is 12.1 Å². The van der Waals surface area contributed by atoms with Gasteiger partial charge >= 0.3 is 0 Å². The van der Waals surface area contributed by atoms with Gasteiger partial charge in [0.25, 0.3) is 5.91 Å². The van der Waals surface area contributed by atoms with Crippen molar-refractivity contribution in [2.24, 2.45) is 0 Å². The highest BCUT2D eigenvalue weighted by Gasteiger charge is 2.19. The number of rotatable bonds is 4. The van der Waals surface area contributed by atoms with Crippen molar-refractivity contribution in [3.8, 4) is 0 Å². The third-order valence-electron chi connectivity index (χ3n) is 3.98. The number of hydrogen-bond acceptors (Lipinski definition) is 4. The molecule has 1 heterocycles.